The van der Waals surface area contributed by atoms with Crippen LogP contribution in [0.3, 0.4) is 0 Å². The van der Waals surface area contributed by atoms with Crippen molar-refractivity contribution in [3.05, 3.63) is 35.4 Å². The van der Waals surface area contributed by atoms with E-state index >= 15 is 0 Å². The summed E-state index contributed by atoms with van der Waals surface area (Å²) in [6.45, 7) is 6.08. The van der Waals surface area contributed by atoms with Gasteiger partial charge in [0, 0.05) is 32.7 Å². The molecule has 6 heteroatoms. The molecule has 0 aromatic heterocycles. The van der Waals surface area contributed by atoms with Crippen molar-refractivity contribution >= 4 is 15.7 Å². The zero-order valence-corrected chi connectivity index (χ0v) is 14.4. The molecule has 2 aliphatic rings. The largest absolute Gasteiger partial charge is 0.340 e. The number of rotatable bonds is 3. The van der Waals surface area contributed by atoms with E-state index in [1.807, 2.05) is 4.90 Å². The molecule has 2 fully saturated rings. The summed E-state index contributed by atoms with van der Waals surface area (Å²) in [6, 6.07) is 8.50. The maximum atomic E-state index is 12.4. The van der Waals surface area contributed by atoms with Crippen molar-refractivity contribution in [2.24, 2.45) is 5.92 Å². The monoisotopic (exact) mass is 336 g/mol. The molecule has 2 saturated heterocycles. The van der Waals surface area contributed by atoms with Gasteiger partial charge in [-0.25, -0.2) is 8.42 Å². The average Bonchev–Trinajstić information content (AvgIpc) is 2.87. The number of piperazine rings is 1. The van der Waals surface area contributed by atoms with Gasteiger partial charge in [0.15, 0.2) is 9.84 Å². The van der Waals surface area contributed by atoms with E-state index in [0.717, 1.165) is 19.6 Å². The van der Waals surface area contributed by atoms with Crippen LogP contribution in [-0.2, 0) is 21.2 Å². The van der Waals surface area contributed by atoms with Crippen LogP contribution in [0, 0.1) is 12.8 Å². The molecule has 0 spiro atoms. The molecule has 1 aromatic rings. The Balaban J connectivity index is 1.51. The third kappa shape index (κ3) is 4.12. The molecule has 1 aromatic carbocycles. The van der Waals surface area contributed by atoms with Crippen LogP contribution in [-0.4, -0.2) is 61.8 Å². The van der Waals surface area contributed by atoms with Gasteiger partial charge in [-0.05, 0) is 18.9 Å². The minimum Gasteiger partial charge on any atom is -0.340 e. The quantitative estimate of drug-likeness (QED) is 0.829. The first-order valence-electron chi connectivity index (χ1n) is 8.20. The number of aryl methyl sites for hydroxylation is 1. The number of nitrogens with zero attached hydrogens (tertiary/aromatic N) is 2. The van der Waals surface area contributed by atoms with Crippen molar-refractivity contribution in [3.8, 4) is 0 Å². The van der Waals surface area contributed by atoms with Gasteiger partial charge in [0.05, 0.1) is 17.4 Å². The predicted molar refractivity (Wildman–Crippen MR) is 89.8 cm³/mol. The molecule has 126 valence electrons. The summed E-state index contributed by atoms with van der Waals surface area (Å²) in [4.78, 5) is 16.6. The van der Waals surface area contributed by atoms with Crippen molar-refractivity contribution in [2.45, 2.75) is 19.9 Å². The highest BCUT2D eigenvalue weighted by Gasteiger charge is 2.36. The number of benzene rings is 1. The SMILES string of the molecule is Cc1cccc(CN2CCN(C(=O)C3CCS(=O)(=O)C3)CC2)c1. The smallest absolute Gasteiger partial charge is 0.226 e. The summed E-state index contributed by atoms with van der Waals surface area (Å²) in [5, 5.41) is 0. The van der Waals surface area contributed by atoms with Crippen molar-refractivity contribution in [2.75, 3.05) is 37.7 Å². The Morgan fingerprint density at radius 1 is 1.22 bits per heavy atom. The summed E-state index contributed by atoms with van der Waals surface area (Å²) in [5.74, 6) is -0.0869. The average molecular weight is 336 g/mol. The summed E-state index contributed by atoms with van der Waals surface area (Å²) >= 11 is 0. The lowest BCUT2D eigenvalue weighted by atomic mass is 10.1. The van der Waals surface area contributed by atoms with Crippen LogP contribution < -0.4 is 0 Å². The van der Waals surface area contributed by atoms with Gasteiger partial charge in [0.25, 0.3) is 0 Å². The first-order chi connectivity index (χ1) is 10.9. The van der Waals surface area contributed by atoms with Gasteiger partial charge >= 0.3 is 0 Å². The Hall–Kier alpha value is -1.40. The Kier molecular flexibility index (Phi) is 4.73. The van der Waals surface area contributed by atoms with Gasteiger partial charge in [-0.2, -0.15) is 0 Å². The van der Waals surface area contributed by atoms with Gasteiger partial charge < -0.3 is 4.90 Å². The molecule has 1 amide bonds. The molecule has 3 rings (SSSR count). The predicted octanol–water partition coefficient (Wildman–Crippen LogP) is 1.07. The lowest BCUT2D eigenvalue weighted by molar-refractivity contribution is -0.136. The number of amides is 1. The minimum absolute atomic E-state index is 0.0290. The van der Waals surface area contributed by atoms with Crippen LogP contribution in [0.2, 0.25) is 0 Å². The van der Waals surface area contributed by atoms with E-state index in [4.69, 9.17) is 0 Å². The molecule has 1 atom stereocenters. The van der Waals surface area contributed by atoms with Crippen LogP contribution in [0.1, 0.15) is 17.5 Å². The van der Waals surface area contributed by atoms with Crippen LogP contribution in [0.4, 0.5) is 0 Å². The van der Waals surface area contributed by atoms with Crippen LogP contribution in [0.5, 0.6) is 0 Å². The second kappa shape index (κ2) is 6.61. The van der Waals surface area contributed by atoms with Crippen LogP contribution in [0.15, 0.2) is 24.3 Å². The molecular formula is C17H24N2O3S. The molecule has 2 heterocycles. The third-order valence-corrected chi connectivity index (χ3v) is 6.52. The van der Waals surface area contributed by atoms with Crippen molar-refractivity contribution in [1.82, 2.24) is 9.80 Å². The van der Waals surface area contributed by atoms with E-state index in [9.17, 15) is 13.2 Å². The van der Waals surface area contributed by atoms with E-state index in [1.54, 1.807) is 0 Å². The fraction of sp³-hybridized carbons (Fsp3) is 0.588. The highest BCUT2D eigenvalue weighted by Crippen LogP contribution is 2.21. The number of carbonyl (C=O) groups is 1. The van der Waals surface area contributed by atoms with Crippen LogP contribution >= 0.6 is 0 Å². The first kappa shape index (κ1) is 16.5. The third-order valence-electron chi connectivity index (χ3n) is 4.75. The zero-order valence-electron chi connectivity index (χ0n) is 13.6. The fourth-order valence-corrected chi connectivity index (χ4v) is 5.18. The summed E-state index contributed by atoms with van der Waals surface area (Å²) in [6.07, 6.45) is 0.491. The summed E-state index contributed by atoms with van der Waals surface area (Å²) < 4.78 is 23.1. The van der Waals surface area contributed by atoms with Crippen molar-refractivity contribution in [3.63, 3.8) is 0 Å². The molecule has 0 radical (unpaired) electrons. The molecule has 5 nitrogen and oxygen atoms in total. The molecule has 0 aliphatic carbocycles. The molecule has 0 saturated carbocycles. The van der Waals surface area contributed by atoms with Gasteiger partial charge in [0.1, 0.15) is 0 Å². The second-order valence-corrected chi connectivity index (χ2v) is 8.92. The number of sulfone groups is 1. The maximum absolute atomic E-state index is 12.4. The lowest BCUT2D eigenvalue weighted by Crippen LogP contribution is -2.50. The number of carbonyl (C=O) groups excluding carboxylic acids is 1. The second-order valence-electron chi connectivity index (χ2n) is 6.69. The highest BCUT2D eigenvalue weighted by molar-refractivity contribution is 7.91. The van der Waals surface area contributed by atoms with E-state index in [-0.39, 0.29) is 23.3 Å². The Labute approximate surface area is 138 Å². The summed E-state index contributed by atoms with van der Waals surface area (Å²) in [5.41, 5.74) is 2.56. The Bertz CT molecular complexity index is 679. The number of hydrogen-bond donors (Lipinski definition) is 0. The zero-order chi connectivity index (χ0) is 16.4. The maximum Gasteiger partial charge on any atom is 0.226 e. The highest BCUT2D eigenvalue weighted by atomic mass is 32.2. The Morgan fingerprint density at radius 2 is 1.96 bits per heavy atom. The van der Waals surface area contributed by atoms with E-state index in [2.05, 4.69) is 36.1 Å². The molecule has 0 bridgehead atoms. The standard InChI is InChI=1S/C17H24N2O3S/c1-14-3-2-4-15(11-14)12-18-6-8-19(9-7-18)17(20)16-5-10-23(21,22)13-16/h2-4,11,16H,5-10,12-13H2,1H3. The van der Waals surface area contributed by atoms with Gasteiger partial charge in [-0.1, -0.05) is 29.8 Å². The van der Waals surface area contributed by atoms with Gasteiger partial charge in [-0.15, -0.1) is 0 Å². The number of hydrogen-bond acceptors (Lipinski definition) is 4. The van der Waals surface area contributed by atoms with E-state index in [0.29, 0.717) is 19.5 Å². The normalized spacial score (nSPS) is 24.7. The lowest BCUT2D eigenvalue weighted by Gasteiger charge is -2.35. The van der Waals surface area contributed by atoms with Gasteiger partial charge in [0.2, 0.25) is 5.91 Å². The molecule has 1 unspecified atom stereocenters. The molecule has 23 heavy (non-hydrogen) atoms. The topological polar surface area (TPSA) is 57.7 Å². The van der Waals surface area contributed by atoms with Gasteiger partial charge in [-0.3, -0.25) is 9.69 Å². The molecule has 0 N–H and O–H groups in total. The first-order valence-corrected chi connectivity index (χ1v) is 10.0. The fourth-order valence-electron chi connectivity index (χ4n) is 3.44. The van der Waals surface area contributed by atoms with Crippen LogP contribution in [0.25, 0.3) is 0 Å². The van der Waals surface area contributed by atoms with E-state index in [1.165, 1.54) is 11.1 Å². The minimum atomic E-state index is -2.99. The molecular weight excluding hydrogens is 312 g/mol. The van der Waals surface area contributed by atoms with Crippen molar-refractivity contribution in [1.29, 1.82) is 0 Å². The summed E-state index contributed by atoms with van der Waals surface area (Å²) in [7, 11) is -2.99. The van der Waals surface area contributed by atoms with E-state index < -0.39 is 9.84 Å². The van der Waals surface area contributed by atoms with Crippen molar-refractivity contribution < 1.29 is 13.2 Å². The molecule has 2 aliphatic heterocycles. The Morgan fingerprint density at radius 3 is 2.57 bits per heavy atom.